The lowest BCUT2D eigenvalue weighted by molar-refractivity contribution is -0.118. The number of benzene rings is 3. The SMILES string of the molecule is COc1cc(NC(=O)C(NC(=O)c2ccnn2C)C(c2ccccc2)c2ccccc2)ccc1-c1ccncc1CO. The molecule has 9 nitrogen and oxygen atoms in total. The molecular weight excluding hydrogens is 530 g/mol. The van der Waals surface area contributed by atoms with Gasteiger partial charge in [0.2, 0.25) is 5.91 Å². The predicted molar refractivity (Wildman–Crippen MR) is 160 cm³/mol. The zero-order valence-electron chi connectivity index (χ0n) is 23.3. The van der Waals surface area contributed by atoms with Gasteiger partial charge in [-0.25, -0.2) is 0 Å². The van der Waals surface area contributed by atoms with Gasteiger partial charge in [0.15, 0.2) is 0 Å². The molecule has 0 saturated carbocycles. The Balaban J connectivity index is 1.53. The molecule has 5 rings (SSSR count). The van der Waals surface area contributed by atoms with Crippen LogP contribution in [0.1, 0.15) is 33.1 Å². The van der Waals surface area contributed by atoms with Crippen molar-refractivity contribution in [2.75, 3.05) is 12.4 Å². The van der Waals surface area contributed by atoms with Crippen LogP contribution < -0.4 is 15.4 Å². The highest BCUT2D eigenvalue weighted by atomic mass is 16.5. The van der Waals surface area contributed by atoms with E-state index in [2.05, 4.69) is 20.7 Å². The topological polar surface area (TPSA) is 118 Å². The van der Waals surface area contributed by atoms with Gasteiger partial charge in [-0.1, -0.05) is 60.7 Å². The second-order valence-corrected chi connectivity index (χ2v) is 9.69. The number of nitrogens with one attached hydrogen (secondary N) is 2. The highest BCUT2D eigenvalue weighted by Gasteiger charge is 2.33. The molecule has 2 aromatic heterocycles. The molecule has 0 saturated heterocycles. The summed E-state index contributed by atoms with van der Waals surface area (Å²) < 4.78 is 7.13. The van der Waals surface area contributed by atoms with Crippen LogP contribution in [0, 0.1) is 0 Å². The molecule has 212 valence electrons. The van der Waals surface area contributed by atoms with Crippen LogP contribution in [0.5, 0.6) is 5.75 Å². The molecule has 1 unspecified atom stereocenters. The maximum atomic E-state index is 14.1. The van der Waals surface area contributed by atoms with Gasteiger partial charge in [0.1, 0.15) is 17.5 Å². The van der Waals surface area contributed by atoms with Crippen LogP contribution in [-0.4, -0.2) is 44.8 Å². The molecule has 0 aliphatic rings. The Morgan fingerprint density at radius 3 is 2.19 bits per heavy atom. The number of aliphatic hydroxyl groups is 1. The number of hydrogen-bond acceptors (Lipinski definition) is 6. The Morgan fingerprint density at radius 1 is 0.905 bits per heavy atom. The number of ether oxygens (including phenoxy) is 1. The summed E-state index contributed by atoms with van der Waals surface area (Å²) in [7, 11) is 3.22. The first kappa shape index (κ1) is 28.3. The van der Waals surface area contributed by atoms with Crippen molar-refractivity contribution in [3.05, 3.63) is 132 Å². The minimum Gasteiger partial charge on any atom is -0.496 e. The molecule has 9 heteroatoms. The largest absolute Gasteiger partial charge is 0.496 e. The summed E-state index contributed by atoms with van der Waals surface area (Å²) in [6.45, 7) is -0.177. The maximum Gasteiger partial charge on any atom is 0.270 e. The van der Waals surface area contributed by atoms with Gasteiger partial charge in [-0.05, 0) is 41.0 Å². The third-order valence-electron chi connectivity index (χ3n) is 7.11. The first-order valence-electron chi connectivity index (χ1n) is 13.4. The van der Waals surface area contributed by atoms with E-state index in [-0.39, 0.29) is 6.61 Å². The number of methoxy groups -OCH3 is 1. The number of carbonyl (C=O) groups excluding carboxylic acids is 2. The molecule has 2 amide bonds. The van der Waals surface area contributed by atoms with E-state index < -0.39 is 23.8 Å². The number of pyridine rings is 1. The average molecular weight is 562 g/mol. The molecule has 0 aliphatic carbocycles. The fourth-order valence-corrected chi connectivity index (χ4v) is 5.04. The molecule has 0 spiro atoms. The Hall–Kier alpha value is -5.28. The Bertz CT molecular complexity index is 1630. The van der Waals surface area contributed by atoms with Crippen molar-refractivity contribution in [3.8, 4) is 16.9 Å². The van der Waals surface area contributed by atoms with Crippen LogP contribution in [0.2, 0.25) is 0 Å². The fraction of sp³-hybridized carbons (Fsp3) is 0.152. The number of aryl methyl sites for hydroxylation is 1. The molecule has 1 atom stereocenters. The number of hydrogen-bond donors (Lipinski definition) is 3. The Morgan fingerprint density at radius 2 is 1.60 bits per heavy atom. The summed E-state index contributed by atoms with van der Waals surface area (Å²) in [5.74, 6) is -0.811. The lowest BCUT2D eigenvalue weighted by Gasteiger charge is -2.28. The minimum atomic E-state index is -0.982. The van der Waals surface area contributed by atoms with Crippen molar-refractivity contribution >= 4 is 17.5 Å². The summed E-state index contributed by atoms with van der Waals surface area (Å²) >= 11 is 0. The van der Waals surface area contributed by atoms with Gasteiger partial charge in [-0.3, -0.25) is 19.3 Å². The molecule has 0 aliphatic heterocycles. The molecule has 2 heterocycles. The van der Waals surface area contributed by atoms with Gasteiger partial charge in [-0.15, -0.1) is 0 Å². The van der Waals surface area contributed by atoms with Gasteiger partial charge in [0, 0.05) is 54.4 Å². The van der Waals surface area contributed by atoms with Crippen LogP contribution in [-0.2, 0) is 18.4 Å². The van der Waals surface area contributed by atoms with E-state index in [4.69, 9.17) is 4.74 Å². The standard InChI is InChI=1S/C33H31N5O4/c1-38-28(16-18-35-38)32(40)37-31(30(22-9-5-3-6-10-22)23-11-7-4-8-12-23)33(41)36-25-13-14-27(29(19-25)42-2)26-15-17-34-20-24(26)21-39/h3-20,30-31,39H,21H2,1-2H3,(H,36,41)(H,37,40). The summed E-state index contributed by atoms with van der Waals surface area (Å²) in [6.07, 6.45) is 4.79. The second-order valence-electron chi connectivity index (χ2n) is 9.69. The summed E-state index contributed by atoms with van der Waals surface area (Å²) in [6, 6.07) is 27.0. The first-order chi connectivity index (χ1) is 20.5. The van der Waals surface area contributed by atoms with E-state index in [1.54, 1.807) is 50.8 Å². The Kier molecular flexibility index (Phi) is 8.70. The zero-order valence-corrected chi connectivity index (χ0v) is 23.3. The quantitative estimate of drug-likeness (QED) is 0.230. The number of carbonyl (C=O) groups is 2. The van der Waals surface area contributed by atoms with Crippen molar-refractivity contribution in [1.29, 1.82) is 0 Å². The molecule has 0 radical (unpaired) electrons. The highest BCUT2D eigenvalue weighted by molar-refractivity contribution is 6.01. The summed E-state index contributed by atoms with van der Waals surface area (Å²) in [5.41, 5.74) is 4.73. The van der Waals surface area contributed by atoms with E-state index in [0.717, 1.165) is 22.3 Å². The van der Waals surface area contributed by atoms with Gasteiger partial charge < -0.3 is 20.5 Å². The lowest BCUT2D eigenvalue weighted by atomic mass is 9.84. The lowest BCUT2D eigenvalue weighted by Crippen LogP contribution is -2.48. The minimum absolute atomic E-state index is 0.177. The predicted octanol–water partition coefficient (Wildman–Crippen LogP) is 4.55. The van der Waals surface area contributed by atoms with Gasteiger partial charge >= 0.3 is 0 Å². The molecule has 0 bridgehead atoms. The molecule has 0 fully saturated rings. The van der Waals surface area contributed by atoms with Crippen molar-refractivity contribution in [2.45, 2.75) is 18.6 Å². The third-order valence-corrected chi connectivity index (χ3v) is 7.11. The Labute approximate surface area is 243 Å². The molecular formula is C33H31N5O4. The fourth-order valence-electron chi connectivity index (χ4n) is 5.04. The average Bonchev–Trinajstić information content (AvgIpc) is 3.47. The highest BCUT2D eigenvalue weighted by Crippen LogP contribution is 2.35. The van der Waals surface area contributed by atoms with Crippen molar-refractivity contribution in [1.82, 2.24) is 20.1 Å². The third kappa shape index (κ3) is 6.06. The van der Waals surface area contributed by atoms with Crippen molar-refractivity contribution in [3.63, 3.8) is 0 Å². The van der Waals surface area contributed by atoms with E-state index in [0.29, 0.717) is 22.7 Å². The van der Waals surface area contributed by atoms with Crippen LogP contribution in [0.3, 0.4) is 0 Å². The van der Waals surface area contributed by atoms with Crippen molar-refractivity contribution < 1.29 is 19.4 Å². The van der Waals surface area contributed by atoms with E-state index in [9.17, 15) is 14.7 Å². The number of amides is 2. The zero-order chi connectivity index (χ0) is 29.5. The number of aromatic nitrogens is 3. The normalized spacial score (nSPS) is 11.6. The number of anilines is 1. The molecule has 5 aromatic rings. The molecule has 3 N–H and O–H groups in total. The monoisotopic (exact) mass is 561 g/mol. The number of nitrogens with zero attached hydrogens (tertiary/aromatic N) is 3. The van der Waals surface area contributed by atoms with E-state index >= 15 is 0 Å². The van der Waals surface area contributed by atoms with E-state index in [1.165, 1.54) is 10.9 Å². The van der Waals surface area contributed by atoms with Crippen LogP contribution in [0.25, 0.3) is 11.1 Å². The molecule has 3 aromatic carbocycles. The van der Waals surface area contributed by atoms with Crippen LogP contribution in [0.15, 0.2) is 110 Å². The summed E-state index contributed by atoms with van der Waals surface area (Å²) in [4.78, 5) is 31.6. The molecule has 42 heavy (non-hydrogen) atoms. The smallest absolute Gasteiger partial charge is 0.270 e. The van der Waals surface area contributed by atoms with Gasteiger partial charge in [0.05, 0.1) is 13.7 Å². The number of aliphatic hydroxyl groups excluding tert-OH is 1. The first-order valence-corrected chi connectivity index (χ1v) is 13.4. The van der Waals surface area contributed by atoms with Crippen LogP contribution in [0.4, 0.5) is 5.69 Å². The van der Waals surface area contributed by atoms with Gasteiger partial charge in [-0.2, -0.15) is 5.10 Å². The van der Waals surface area contributed by atoms with E-state index in [1.807, 2.05) is 66.7 Å². The second kappa shape index (κ2) is 12.9. The van der Waals surface area contributed by atoms with Crippen molar-refractivity contribution in [2.24, 2.45) is 7.05 Å². The van der Waals surface area contributed by atoms with Gasteiger partial charge in [0.25, 0.3) is 5.91 Å². The summed E-state index contributed by atoms with van der Waals surface area (Å²) in [5, 5.41) is 19.9. The maximum absolute atomic E-state index is 14.1. The number of rotatable bonds is 10. The van der Waals surface area contributed by atoms with Crippen LogP contribution >= 0.6 is 0 Å².